The van der Waals surface area contributed by atoms with Gasteiger partial charge in [-0.3, -0.25) is 4.79 Å². The van der Waals surface area contributed by atoms with E-state index in [1.807, 2.05) is 18.2 Å². The summed E-state index contributed by atoms with van der Waals surface area (Å²) in [6.45, 7) is 0.376. The summed E-state index contributed by atoms with van der Waals surface area (Å²) >= 11 is 6.56. The third-order valence-electron chi connectivity index (χ3n) is 2.49. The van der Waals surface area contributed by atoms with Gasteiger partial charge < -0.3 is 4.57 Å². The molecule has 5 heteroatoms. The van der Waals surface area contributed by atoms with Crippen LogP contribution in [0, 0.1) is 11.3 Å². The van der Waals surface area contributed by atoms with Crippen LogP contribution in [-0.4, -0.2) is 4.57 Å². The first-order chi connectivity index (χ1) is 8.61. The number of aromatic nitrogens is 1. The molecule has 18 heavy (non-hydrogen) atoms. The number of nitrogens with zero attached hydrogens (tertiary/aromatic N) is 2. The van der Waals surface area contributed by atoms with E-state index in [0.29, 0.717) is 16.6 Å². The molecular weight excluding hydrogens is 360 g/mol. The van der Waals surface area contributed by atoms with Crippen LogP contribution in [0.15, 0.2) is 50.3 Å². The summed E-state index contributed by atoms with van der Waals surface area (Å²) in [6.07, 6.45) is 1.71. The third kappa shape index (κ3) is 2.71. The predicted molar refractivity (Wildman–Crippen MR) is 76.4 cm³/mol. The first-order valence-corrected chi connectivity index (χ1v) is 6.74. The predicted octanol–water partition coefficient (Wildman–Crippen LogP) is 3.29. The highest BCUT2D eigenvalue weighted by Gasteiger charge is 2.06. The van der Waals surface area contributed by atoms with Crippen molar-refractivity contribution in [3.05, 3.63) is 67.0 Å². The largest absolute Gasteiger partial charge is 0.309 e. The van der Waals surface area contributed by atoms with E-state index in [1.165, 1.54) is 0 Å². The second kappa shape index (κ2) is 5.51. The van der Waals surface area contributed by atoms with Crippen molar-refractivity contribution in [2.45, 2.75) is 6.54 Å². The Morgan fingerprint density at radius 3 is 2.72 bits per heavy atom. The lowest BCUT2D eigenvalue weighted by Crippen LogP contribution is -2.21. The number of hydrogen-bond acceptors (Lipinski definition) is 2. The van der Waals surface area contributed by atoms with Gasteiger partial charge in [-0.2, -0.15) is 5.26 Å². The van der Waals surface area contributed by atoms with Crippen molar-refractivity contribution < 1.29 is 0 Å². The summed E-state index contributed by atoms with van der Waals surface area (Å²) in [5, 5.41) is 9.02. The van der Waals surface area contributed by atoms with Gasteiger partial charge >= 0.3 is 0 Å². The van der Waals surface area contributed by atoms with E-state index in [1.54, 1.807) is 22.9 Å². The molecule has 0 radical (unpaired) electrons. The van der Waals surface area contributed by atoms with Gasteiger partial charge in [0.15, 0.2) is 0 Å². The average Bonchev–Trinajstić information content (AvgIpc) is 2.36. The summed E-state index contributed by atoms with van der Waals surface area (Å²) in [5.74, 6) is 0. The van der Waals surface area contributed by atoms with Gasteiger partial charge in [0, 0.05) is 10.7 Å². The van der Waals surface area contributed by atoms with Gasteiger partial charge in [-0.1, -0.05) is 18.2 Å². The topological polar surface area (TPSA) is 45.8 Å². The van der Waals surface area contributed by atoms with Crippen LogP contribution in [-0.2, 0) is 6.54 Å². The van der Waals surface area contributed by atoms with Gasteiger partial charge in [0.05, 0.1) is 22.7 Å². The van der Waals surface area contributed by atoms with E-state index in [9.17, 15) is 4.79 Å². The van der Waals surface area contributed by atoms with Crippen LogP contribution in [0.4, 0.5) is 0 Å². The number of rotatable bonds is 2. The highest BCUT2D eigenvalue weighted by Crippen LogP contribution is 2.15. The summed E-state index contributed by atoms with van der Waals surface area (Å²) in [6, 6.07) is 11.1. The van der Waals surface area contributed by atoms with Crippen LogP contribution < -0.4 is 5.56 Å². The Morgan fingerprint density at radius 2 is 2.00 bits per heavy atom. The second-order valence-corrected chi connectivity index (χ2v) is 5.48. The van der Waals surface area contributed by atoms with E-state index in [-0.39, 0.29) is 5.56 Å². The van der Waals surface area contributed by atoms with Crippen LogP contribution in [0.25, 0.3) is 0 Å². The van der Waals surface area contributed by atoms with Gasteiger partial charge in [0.25, 0.3) is 5.56 Å². The van der Waals surface area contributed by atoms with Gasteiger partial charge in [-0.15, -0.1) is 0 Å². The molecule has 2 aromatic rings. The molecule has 0 bridgehead atoms. The molecule has 2 rings (SSSR count). The number of benzene rings is 1. The molecule has 0 aliphatic heterocycles. The quantitative estimate of drug-likeness (QED) is 0.817. The van der Waals surface area contributed by atoms with Crippen molar-refractivity contribution in [1.29, 1.82) is 5.26 Å². The molecule has 0 atom stereocenters. The van der Waals surface area contributed by atoms with Crippen LogP contribution in [0.1, 0.15) is 11.1 Å². The second-order valence-electron chi connectivity index (χ2n) is 3.71. The molecular formula is C13H8Br2N2O. The van der Waals surface area contributed by atoms with E-state index in [0.717, 1.165) is 10.0 Å². The molecule has 0 saturated heterocycles. The van der Waals surface area contributed by atoms with E-state index < -0.39 is 0 Å². The van der Waals surface area contributed by atoms with Crippen molar-refractivity contribution in [3.8, 4) is 6.07 Å². The maximum Gasteiger partial charge on any atom is 0.265 e. The van der Waals surface area contributed by atoms with Crippen LogP contribution in [0.2, 0.25) is 0 Å². The lowest BCUT2D eigenvalue weighted by Gasteiger charge is -2.08. The highest BCUT2D eigenvalue weighted by molar-refractivity contribution is 9.11. The van der Waals surface area contributed by atoms with Crippen molar-refractivity contribution in [2.24, 2.45) is 0 Å². The van der Waals surface area contributed by atoms with E-state index in [2.05, 4.69) is 37.9 Å². The van der Waals surface area contributed by atoms with Crippen LogP contribution in [0.5, 0.6) is 0 Å². The van der Waals surface area contributed by atoms with Gasteiger partial charge in [0.1, 0.15) is 0 Å². The number of nitriles is 1. The van der Waals surface area contributed by atoms with Gasteiger partial charge in [0.2, 0.25) is 0 Å². The lowest BCUT2D eigenvalue weighted by molar-refractivity contribution is 0.750. The van der Waals surface area contributed by atoms with E-state index in [4.69, 9.17) is 5.26 Å². The standard InChI is InChI=1S/C13H8Br2N2O/c14-11-5-12(15)13(18)17(8-11)7-10-4-2-1-3-9(10)6-16/h1-5,8H,7H2. The Morgan fingerprint density at radius 1 is 1.28 bits per heavy atom. The SMILES string of the molecule is N#Cc1ccccc1Cn1cc(Br)cc(Br)c1=O. The Bertz CT molecular complexity index is 686. The smallest absolute Gasteiger partial charge is 0.265 e. The summed E-state index contributed by atoms with van der Waals surface area (Å²) < 4.78 is 2.86. The molecule has 1 heterocycles. The third-order valence-corrected chi connectivity index (χ3v) is 3.49. The Kier molecular flexibility index (Phi) is 4.00. The molecule has 3 nitrogen and oxygen atoms in total. The van der Waals surface area contributed by atoms with Crippen LogP contribution >= 0.6 is 31.9 Å². The zero-order valence-electron chi connectivity index (χ0n) is 9.23. The van der Waals surface area contributed by atoms with Crippen molar-refractivity contribution >= 4 is 31.9 Å². The van der Waals surface area contributed by atoms with Crippen molar-refractivity contribution in [1.82, 2.24) is 4.57 Å². The molecule has 0 fully saturated rings. The Balaban J connectivity index is 2.47. The fourth-order valence-corrected chi connectivity index (χ4v) is 2.89. The van der Waals surface area contributed by atoms with Gasteiger partial charge in [-0.05, 0) is 49.6 Å². The average molecular weight is 368 g/mol. The first-order valence-electron chi connectivity index (χ1n) is 5.15. The lowest BCUT2D eigenvalue weighted by atomic mass is 10.1. The molecule has 0 unspecified atom stereocenters. The summed E-state index contributed by atoms with van der Waals surface area (Å²) in [7, 11) is 0. The Labute approximate surface area is 121 Å². The maximum absolute atomic E-state index is 11.9. The normalized spacial score (nSPS) is 10.1. The summed E-state index contributed by atoms with van der Waals surface area (Å²) in [5.41, 5.74) is 1.29. The number of hydrogen-bond donors (Lipinski definition) is 0. The van der Waals surface area contributed by atoms with Crippen molar-refractivity contribution in [2.75, 3.05) is 0 Å². The monoisotopic (exact) mass is 366 g/mol. The zero-order chi connectivity index (χ0) is 13.1. The molecule has 0 saturated carbocycles. The Hall–Kier alpha value is -1.38. The van der Waals surface area contributed by atoms with Crippen LogP contribution in [0.3, 0.4) is 0 Å². The van der Waals surface area contributed by atoms with E-state index >= 15 is 0 Å². The zero-order valence-corrected chi connectivity index (χ0v) is 12.4. The minimum atomic E-state index is -0.119. The van der Waals surface area contributed by atoms with Crippen molar-refractivity contribution in [3.63, 3.8) is 0 Å². The summed E-state index contributed by atoms with van der Waals surface area (Å²) in [4.78, 5) is 11.9. The molecule has 0 amide bonds. The maximum atomic E-state index is 11.9. The number of halogens is 2. The molecule has 1 aromatic heterocycles. The minimum Gasteiger partial charge on any atom is -0.309 e. The molecule has 0 aliphatic carbocycles. The van der Waals surface area contributed by atoms with Gasteiger partial charge in [-0.25, -0.2) is 0 Å². The number of pyridine rings is 1. The molecule has 0 N–H and O–H groups in total. The highest BCUT2D eigenvalue weighted by atomic mass is 79.9. The molecule has 90 valence electrons. The first kappa shape index (κ1) is 13.1. The minimum absolute atomic E-state index is 0.119. The molecule has 0 spiro atoms. The fourth-order valence-electron chi connectivity index (χ4n) is 1.63. The molecule has 0 aliphatic rings. The molecule has 1 aromatic carbocycles. The fraction of sp³-hybridized carbons (Fsp3) is 0.0769.